The molecule has 0 saturated carbocycles. The average Bonchev–Trinajstić information content (AvgIpc) is 3.86. The SMILES string of the molecule is Cc1cccc(C)c1-c1ccc2oc3c4ccc5c(-c6ccc(C(C)(C)C)cc6)c6c7cc(-c8c(C)cccc8C)ccc7oc6c6ccc(c(-c7ccc(C(C)(C)C)cc7)c3c2c1)c4c56. The first-order chi connectivity index (χ1) is 31.7. The molecular weight excluding hydrogens is 801 g/mol. The molecule has 12 rings (SSSR count). The zero-order chi connectivity index (χ0) is 45.6. The van der Waals surface area contributed by atoms with Crippen LogP contribution in [-0.4, -0.2) is 0 Å². The number of furan rings is 2. The molecule has 0 aliphatic rings. The van der Waals surface area contributed by atoms with E-state index in [0.29, 0.717) is 0 Å². The van der Waals surface area contributed by atoms with Crippen LogP contribution < -0.4 is 0 Å². The lowest BCUT2D eigenvalue weighted by molar-refractivity contribution is 0.590. The van der Waals surface area contributed by atoms with Gasteiger partial charge in [-0.2, -0.15) is 0 Å². The van der Waals surface area contributed by atoms with Crippen molar-refractivity contribution in [3.8, 4) is 44.5 Å². The summed E-state index contributed by atoms with van der Waals surface area (Å²) >= 11 is 0. The first-order valence-electron chi connectivity index (χ1n) is 23.5. The van der Waals surface area contributed by atoms with Crippen LogP contribution in [0.4, 0.5) is 0 Å². The molecule has 0 aliphatic carbocycles. The Balaban J connectivity index is 1.24. The number of hydrogen-bond acceptors (Lipinski definition) is 2. The number of benzene rings is 10. The van der Waals surface area contributed by atoms with E-state index in [1.165, 1.54) is 99.4 Å². The lowest BCUT2D eigenvalue weighted by Crippen LogP contribution is -2.10. The Kier molecular flexibility index (Phi) is 8.66. The fourth-order valence-corrected chi connectivity index (χ4v) is 11.4. The van der Waals surface area contributed by atoms with Gasteiger partial charge in [0, 0.05) is 54.2 Å². The number of aryl methyl sites for hydroxylation is 4. The lowest BCUT2D eigenvalue weighted by Gasteiger charge is -2.21. The van der Waals surface area contributed by atoms with Gasteiger partial charge in [-0.1, -0.05) is 151 Å². The van der Waals surface area contributed by atoms with Gasteiger partial charge in [0.15, 0.2) is 0 Å². The van der Waals surface area contributed by atoms with E-state index in [1.54, 1.807) is 0 Å². The van der Waals surface area contributed by atoms with Crippen molar-refractivity contribution < 1.29 is 8.83 Å². The van der Waals surface area contributed by atoms with Crippen molar-refractivity contribution in [3.63, 3.8) is 0 Å². The highest BCUT2D eigenvalue weighted by molar-refractivity contribution is 6.40. The van der Waals surface area contributed by atoms with Crippen molar-refractivity contribution in [2.75, 3.05) is 0 Å². The highest BCUT2D eigenvalue weighted by Crippen LogP contribution is 2.53. The zero-order valence-electron chi connectivity index (χ0n) is 39.7. The summed E-state index contributed by atoms with van der Waals surface area (Å²) in [6.45, 7) is 22.6. The third kappa shape index (κ3) is 5.93. The summed E-state index contributed by atoms with van der Waals surface area (Å²) in [5.41, 5.74) is 21.1. The van der Waals surface area contributed by atoms with Gasteiger partial charge in [0.1, 0.15) is 22.3 Å². The number of rotatable bonds is 4. The molecule has 322 valence electrons. The van der Waals surface area contributed by atoms with Gasteiger partial charge >= 0.3 is 0 Å². The molecule has 0 bridgehead atoms. The van der Waals surface area contributed by atoms with Crippen LogP contribution in [0.15, 0.2) is 154 Å². The second kappa shape index (κ2) is 14.2. The normalized spacial score (nSPS) is 12.7. The van der Waals surface area contributed by atoms with E-state index < -0.39 is 0 Å². The summed E-state index contributed by atoms with van der Waals surface area (Å²) in [6.07, 6.45) is 0. The average molecular weight is 855 g/mol. The Labute approximate surface area is 386 Å². The van der Waals surface area contributed by atoms with E-state index in [4.69, 9.17) is 8.83 Å². The van der Waals surface area contributed by atoms with E-state index in [-0.39, 0.29) is 10.8 Å². The molecule has 2 heterocycles. The second-order valence-corrected chi connectivity index (χ2v) is 21.0. The molecular formula is C64H54O2. The lowest BCUT2D eigenvalue weighted by atomic mass is 9.82. The summed E-state index contributed by atoms with van der Waals surface area (Å²) in [5.74, 6) is 0. The van der Waals surface area contributed by atoms with Crippen molar-refractivity contribution in [3.05, 3.63) is 179 Å². The van der Waals surface area contributed by atoms with Gasteiger partial charge in [0.25, 0.3) is 0 Å². The third-order valence-corrected chi connectivity index (χ3v) is 14.7. The third-order valence-electron chi connectivity index (χ3n) is 14.7. The largest absolute Gasteiger partial charge is 0.455 e. The van der Waals surface area contributed by atoms with Crippen molar-refractivity contribution in [2.45, 2.75) is 80.1 Å². The van der Waals surface area contributed by atoms with Crippen LogP contribution >= 0.6 is 0 Å². The van der Waals surface area contributed by atoms with Crippen molar-refractivity contribution >= 4 is 76.2 Å². The van der Waals surface area contributed by atoms with Crippen LogP contribution in [0.2, 0.25) is 0 Å². The molecule has 0 fully saturated rings. The van der Waals surface area contributed by atoms with Gasteiger partial charge in [-0.25, -0.2) is 0 Å². The Morgan fingerprint density at radius 2 is 0.636 bits per heavy atom. The van der Waals surface area contributed by atoms with Gasteiger partial charge in [0.2, 0.25) is 0 Å². The van der Waals surface area contributed by atoms with Gasteiger partial charge in [-0.3, -0.25) is 0 Å². The molecule has 0 spiro atoms. The van der Waals surface area contributed by atoms with E-state index in [9.17, 15) is 0 Å². The second-order valence-electron chi connectivity index (χ2n) is 21.0. The van der Waals surface area contributed by atoms with Crippen LogP contribution in [0.5, 0.6) is 0 Å². The van der Waals surface area contributed by atoms with E-state index in [1.807, 2.05) is 0 Å². The Bertz CT molecular complexity index is 3650. The molecule has 66 heavy (non-hydrogen) atoms. The minimum Gasteiger partial charge on any atom is -0.455 e. The minimum absolute atomic E-state index is 0.0259. The molecule has 0 saturated heterocycles. The summed E-state index contributed by atoms with van der Waals surface area (Å²) in [5, 5.41) is 11.6. The van der Waals surface area contributed by atoms with Crippen LogP contribution in [0.1, 0.15) is 74.9 Å². The maximum absolute atomic E-state index is 7.15. The van der Waals surface area contributed by atoms with Gasteiger partial charge < -0.3 is 8.83 Å². The van der Waals surface area contributed by atoms with Gasteiger partial charge in [0.05, 0.1) is 0 Å². The predicted molar refractivity (Wildman–Crippen MR) is 283 cm³/mol. The Morgan fingerprint density at radius 1 is 0.303 bits per heavy atom. The predicted octanol–water partition coefficient (Wildman–Crippen LogP) is 18.9. The van der Waals surface area contributed by atoms with E-state index >= 15 is 0 Å². The molecule has 2 nitrogen and oxygen atoms in total. The van der Waals surface area contributed by atoms with E-state index in [0.717, 1.165) is 54.6 Å². The monoisotopic (exact) mass is 854 g/mol. The molecule has 12 aromatic rings. The zero-order valence-corrected chi connectivity index (χ0v) is 39.7. The highest BCUT2D eigenvalue weighted by atomic mass is 16.3. The van der Waals surface area contributed by atoms with Gasteiger partial charge in [-0.05, 0) is 152 Å². The summed E-state index contributed by atoms with van der Waals surface area (Å²) < 4.78 is 14.3. The van der Waals surface area contributed by atoms with Gasteiger partial charge in [-0.15, -0.1) is 0 Å². The summed E-state index contributed by atoms with van der Waals surface area (Å²) in [7, 11) is 0. The summed E-state index contributed by atoms with van der Waals surface area (Å²) in [6, 6.07) is 54.6. The molecule has 0 unspecified atom stereocenters. The highest BCUT2D eigenvalue weighted by Gasteiger charge is 2.28. The van der Waals surface area contributed by atoms with Crippen LogP contribution in [0, 0.1) is 27.7 Å². The van der Waals surface area contributed by atoms with E-state index in [2.05, 4.69) is 215 Å². The van der Waals surface area contributed by atoms with Crippen molar-refractivity contribution in [2.24, 2.45) is 0 Å². The van der Waals surface area contributed by atoms with Crippen molar-refractivity contribution in [1.29, 1.82) is 0 Å². The first-order valence-corrected chi connectivity index (χ1v) is 23.5. The molecule has 2 aromatic heterocycles. The minimum atomic E-state index is 0.0259. The smallest absolute Gasteiger partial charge is 0.143 e. The molecule has 10 aromatic carbocycles. The Hall–Kier alpha value is -7.16. The number of fused-ring (bicyclic) bond motifs is 8. The van der Waals surface area contributed by atoms with Crippen LogP contribution in [0.25, 0.3) is 121 Å². The molecule has 2 heteroatoms. The van der Waals surface area contributed by atoms with Crippen molar-refractivity contribution in [1.82, 2.24) is 0 Å². The topological polar surface area (TPSA) is 26.3 Å². The van der Waals surface area contributed by atoms with Crippen LogP contribution in [-0.2, 0) is 10.8 Å². The first kappa shape index (κ1) is 40.4. The number of hydrogen-bond donors (Lipinski definition) is 0. The molecule has 0 amide bonds. The maximum atomic E-state index is 7.15. The summed E-state index contributed by atoms with van der Waals surface area (Å²) in [4.78, 5) is 0. The molecule has 0 N–H and O–H groups in total. The fraction of sp³-hybridized carbons (Fsp3) is 0.188. The quantitative estimate of drug-likeness (QED) is 0.165. The molecule has 0 aliphatic heterocycles. The fourth-order valence-electron chi connectivity index (χ4n) is 11.4. The van der Waals surface area contributed by atoms with Crippen LogP contribution in [0.3, 0.4) is 0 Å². The molecule has 0 atom stereocenters. The maximum Gasteiger partial charge on any atom is 0.143 e. The standard InChI is InChI=1S/C64H54O2/c1-35-13-11-14-36(2)53(35)41-21-31-51-49(33-41)59-55(39-17-23-43(24-18-39)63(5,6)7)45-27-30-48-58-46(28-29-47(57(45)58)61(59)65-51)56(40-19-25-44(26-20-40)64(8,9)10)60-50-34-42(22-32-52(50)66-62(48)60)54-37(3)15-12-16-38(54)4/h11-34H,1-10H3. The Morgan fingerprint density at radius 3 is 0.985 bits per heavy atom. The molecule has 0 radical (unpaired) electrons.